The van der Waals surface area contributed by atoms with Gasteiger partial charge in [-0.3, -0.25) is 14.4 Å². The number of aliphatic hydroxyl groups excluding tert-OH is 5. The molecule has 4 bridgehead atoms. The van der Waals surface area contributed by atoms with Crippen LogP contribution >= 0.6 is 0 Å². The molecule has 0 spiro atoms. The highest BCUT2D eigenvalue weighted by Crippen LogP contribution is 2.47. The summed E-state index contributed by atoms with van der Waals surface area (Å²) in [5.74, 6) is -1.11. The Hall–Kier alpha value is -2.07. The maximum atomic E-state index is 14.3. The average Bonchev–Trinajstić information content (AvgIpc) is 1.65. The third-order valence-corrected chi connectivity index (χ3v) is 26.7. The lowest BCUT2D eigenvalue weighted by atomic mass is 9.69. The molecule has 18 nitrogen and oxygen atoms in total. The van der Waals surface area contributed by atoms with E-state index in [9.17, 15) is 39.9 Å². The summed E-state index contributed by atoms with van der Waals surface area (Å²) in [6.45, 7) is 13.4. The van der Waals surface area contributed by atoms with Crippen molar-refractivity contribution in [3.05, 3.63) is 0 Å². The van der Waals surface area contributed by atoms with E-state index in [4.69, 9.17) is 47.4 Å². The van der Waals surface area contributed by atoms with E-state index in [2.05, 4.69) is 41.5 Å². The molecule has 6 rings (SSSR count). The van der Waals surface area contributed by atoms with Crippen LogP contribution in [0, 0.1) is 29.6 Å². The maximum absolute atomic E-state index is 14.3. The quantitative estimate of drug-likeness (QED) is 0.0216. The minimum atomic E-state index is -1.62. The minimum Gasteiger partial charge on any atom is -0.465 e. The van der Waals surface area contributed by atoms with Crippen LogP contribution in [-0.4, -0.2) is 168 Å². The summed E-state index contributed by atoms with van der Waals surface area (Å²) in [5.41, 5.74) is 0. The van der Waals surface area contributed by atoms with Gasteiger partial charge in [-0.05, 0) is 49.9 Å². The first-order chi connectivity index (χ1) is 55.7. The standard InChI is InChI=1S/C96H176O18/c1-7-10-13-16-19-22-25-28-31-34-37-40-43-46-49-52-55-58-61-64-81(97)105-69-75-68-78(85(101)86(102)84(75)100)109-91-80-72-108-93(91)87(103)95(111-80)114-94-88(104)96(113-90-76-67-77(73(4)5)74(6)89(90)107-70-76)110-79(71-106-82(98)65-62-59-56-53-50-47-44-41-38-35-32-29-26-23-20-17-14-11-8-2)92(94)112-83(99)66-63-60-57-54-51-48-45-42-39-36-33-30-27-24-21-18-15-12-9-3/h73-80,84-96,100-104H,7-72H2,1-6H3. The Bertz CT molecular complexity index is 2350. The molecule has 4 aliphatic heterocycles. The number of fused-ring (bicyclic) bond motifs is 4. The third kappa shape index (κ3) is 39.8. The van der Waals surface area contributed by atoms with Crippen LogP contribution < -0.4 is 0 Å². The Morgan fingerprint density at radius 3 is 1.09 bits per heavy atom. The lowest BCUT2D eigenvalue weighted by Crippen LogP contribution is -2.65. The van der Waals surface area contributed by atoms with Crippen molar-refractivity contribution in [2.24, 2.45) is 29.6 Å². The Morgan fingerprint density at radius 1 is 0.342 bits per heavy atom. The molecule has 20 unspecified atom stereocenters. The van der Waals surface area contributed by atoms with Crippen LogP contribution in [0.5, 0.6) is 0 Å². The van der Waals surface area contributed by atoms with Crippen LogP contribution in [0.25, 0.3) is 0 Å². The number of carbonyl (C=O) groups is 3. The SMILES string of the molecule is CCCCCCCCCCCCCCCCCCCCCC(=O)OCC1CC(OC2C3COC2C(O)C(OC2C(O)C(OC4C5COC4C(C)C(C(C)C)C5)OC(COC(=O)CCCCCCCCCCCCCCCCCCCCC)C2OC(=O)CCCCCCCCCCCCCCCCCCCCC)O3)C(O)C(O)C1O. The number of aliphatic hydroxyl groups is 5. The molecule has 18 heteroatoms. The normalized spacial score (nSPS) is 28.7. The van der Waals surface area contributed by atoms with Crippen molar-refractivity contribution in [3.8, 4) is 0 Å². The number of ether oxygens (including phenoxy) is 10. The molecule has 0 aromatic heterocycles. The van der Waals surface area contributed by atoms with E-state index in [0.717, 1.165) is 70.6 Å². The smallest absolute Gasteiger partial charge is 0.306 e. The molecule has 668 valence electrons. The molecule has 0 aromatic rings. The summed E-state index contributed by atoms with van der Waals surface area (Å²) in [6, 6.07) is 0. The van der Waals surface area contributed by atoms with Gasteiger partial charge in [0.1, 0.15) is 61.5 Å². The number of hydrogen-bond donors (Lipinski definition) is 5. The minimum absolute atomic E-state index is 0.0164. The van der Waals surface area contributed by atoms with Crippen LogP contribution in [0.3, 0.4) is 0 Å². The van der Waals surface area contributed by atoms with E-state index in [1.165, 1.54) is 283 Å². The molecule has 6 aliphatic rings. The monoisotopic (exact) mass is 1620 g/mol. The van der Waals surface area contributed by atoms with Crippen molar-refractivity contribution in [2.45, 2.75) is 538 Å². The van der Waals surface area contributed by atoms with Crippen molar-refractivity contribution in [1.29, 1.82) is 0 Å². The topological polar surface area (TPSA) is 245 Å². The van der Waals surface area contributed by atoms with Gasteiger partial charge < -0.3 is 72.9 Å². The molecule has 2 aliphatic carbocycles. The predicted octanol–water partition coefficient (Wildman–Crippen LogP) is 22.0. The van der Waals surface area contributed by atoms with Gasteiger partial charge in [-0.1, -0.05) is 388 Å². The van der Waals surface area contributed by atoms with Gasteiger partial charge in [0.05, 0.1) is 44.2 Å². The lowest BCUT2D eigenvalue weighted by Gasteiger charge is -2.48. The van der Waals surface area contributed by atoms with Crippen molar-refractivity contribution in [2.75, 3.05) is 26.4 Å². The zero-order valence-corrected chi connectivity index (χ0v) is 73.8. The summed E-state index contributed by atoms with van der Waals surface area (Å²) < 4.78 is 64.3. The fourth-order valence-electron chi connectivity index (χ4n) is 19.2. The van der Waals surface area contributed by atoms with Crippen molar-refractivity contribution < 1.29 is 87.3 Å². The summed E-state index contributed by atoms with van der Waals surface area (Å²) in [7, 11) is 0. The number of carbonyl (C=O) groups excluding carboxylic acids is 3. The lowest BCUT2D eigenvalue weighted by molar-refractivity contribution is -0.360. The zero-order valence-electron chi connectivity index (χ0n) is 73.8. The fraction of sp³-hybridized carbons (Fsp3) is 0.969. The van der Waals surface area contributed by atoms with E-state index in [1.807, 2.05) is 0 Å². The Labute approximate surface area is 695 Å². The molecular formula is C96H176O18. The predicted molar refractivity (Wildman–Crippen MR) is 455 cm³/mol. The Balaban J connectivity index is 1.01. The fourth-order valence-corrected chi connectivity index (χ4v) is 19.2. The van der Waals surface area contributed by atoms with Gasteiger partial charge in [0.25, 0.3) is 0 Å². The van der Waals surface area contributed by atoms with E-state index in [1.54, 1.807) is 0 Å². The van der Waals surface area contributed by atoms with Crippen LogP contribution in [0.15, 0.2) is 0 Å². The van der Waals surface area contributed by atoms with Gasteiger partial charge in [-0.15, -0.1) is 0 Å². The summed E-state index contributed by atoms with van der Waals surface area (Å²) >= 11 is 0. The van der Waals surface area contributed by atoms with E-state index in [-0.39, 0.29) is 69.4 Å². The number of esters is 3. The highest BCUT2D eigenvalue weighted by Gasteiger charge is 2.59. The molecule has 0 radical (unpaired) electrons. The first kappa shape index (κ1) is 101. The second-order valence-electron chi connectivity index (χ2n) is 36.9. The van der Waals surface area contributed by atoms with E-state index >= 15 is 0 Å². The molecule has 20 atom stereocenters. The van der Waals surface area contributed by atoms with Crippen molar-refractivity contribution >= 4 is 17.9 Å². The molecule has 0 amide bonds. The highest BCUT2D eigenvalue weighted by atomic mass is 16.8. The maximum Gasteiger partial charge on any atom is 0.306 e. The molecule has 6 fully saturated rings. The van der Waals surface area contributed by atoms with E-state index in [0.29, 0.717) is 37.7 Å². The second-order valence-corrected chi connectivity index (χ2v) is 36.9. The average molecular weight is 1620 g/mol. The Kier molecular flexibility index (Phi) is 55.6. The summed E-state index contributed by atoms with van der Waals surface area (Å²) in [4.78, 5) is 41.1. The van der Waals surface area contributed by atoms with Gasteiger partial charge in [0, 0.05) is 31.1 Å². The van der Waals surface area contributed by atoms with Gasteiger partial charge in [0.15, 0.2) is 18.7 Å². The molecular weight excluding hydrogens is 1440 g/mol. The first-order valence-electron chi connectivity index (χ1n) is 49.1. The largest absolute Gasteiger partial charge is 0.465 e. The number of hydrogen-bond acceptors (Lipinski definition) is 18. The molecule has 2 saturated carbocycles. The number of rotatable bonds is 72. The number of unbranched alkanes of at least 4 members (excludes halogenated alkanes) is 54. The first-order valence-corrected chi connectivity index (χ1v) is 49.1. The highest BCUT2D eigenvalue weighted by molar-refractivity contribution is 5.70. The van der Waals surface area contributed by atoms with Gasteiger partial charge >= 0.3 is 17.9 Å². The van der Waals surface area contributed by atoms with Crippen LogP contribution in [0.4, 0.5) is 0 Å². The molecule has 0 aromatic carbocycles. The molecule has 114 heavy (non-hydrogen) atoms. The van der Waals surface area contributed by atoms with Crippen molar-refractivity contribution in [3.63, 3.8) is 0 Å². The Morgan fingerprint density at radius 2 is 0.693 bits per heavy atom. The summed E-state index contributed by atoms with van der Waals surface area (Å²) in [5, 5.41) is 59.0. The van der Waals surface area contributed by atoms with E-state index < -0.39 is 110 Å². The molecule has 4 heterocycles. The third-order valence-electron chi connectivity index (χ3n) is 26.7. The molecule has 5 N–H and O–H groups in total. The zero-order chi connectivity index (χ0) is 81.6. The van der Waals surface area contributed by atoms with Crippen LogP contribution in [-0.2, 0) is 61.8 Å². The van der Waals surface area contributed by atoms with Crippen LogP contribution in [0.1, 0.15) is 440 Å². The van der Waals surface area contributed by atoms with Crippen LogP contribution in [0.2, 0.25) is 0 Å². The van der Waals surface area contributed by atoms with Gasteiger partial charge in [-0.25, -0.2) is 0 Å². The van der Waals surface area contributed by atoms with Gasteiger partial charge in [-0.2, -0.15) is 0 Å². The second kappa shape index (κ2) is 62.9. The molecule has 4 saturated heterocycles. The summed E-state index contributed by atoms with van der Waals surface area (Å²) in [6.07, 6.45) is 53.3. The van der Waals surface area contributed by atoms with Crippen molar-refractivity contribution in [1.82, 2.24) is 0 Å². The van der Waals surface area contributed by atoms with Gasteiger partial charge in [0.2, 0.25) is 0 Å².